The third-order valence-corrected chi connectivity index (χ3v) is 5.00. The molecule has 0 fully saturated rings. The second-order valence-corrected chi connectivity index (χ2v) is 8.35. The van der Waals surface area contributed by atoms with Gasteiger partial charge in [0.05, 0.1) is 6.61 Å². The third-order valence-electron chi connectivity index (χ3n) is 5.00. The maximum Gasteiger partial charge on any atom is 0.412 e. The Labute approximate surface area is 177 Å². The molecule has 156 valence electrons. The van der Waals surface area contributed by atoms with Crippen molar-refractivity contribution in [1.29, 1.82) is 0 Å². The standard InChI is InChI=1S/C24H27N3O3/c1-5-6-15-24(25-26-24)16-17-30-21-13-9-19(10-14-21)18-7-11-20(12-8-18)27(22(28)29)23(2,3)4/h1,7-14H,6,15-17H2,2-4H3,(H,28,29). The van der Waals surface area contributed by atoms with Crippen molar-refractivity contribution in [3.05, 3.63) is 48.5 Å². The van der Waals surface area contributed by atoms with Crippen molar-refractivity contribution in [2.24, 2.45) is 10.2 Å². The van der Waals surface area contributed by atoms with Crippen LogP contribution in [0, 0.1) is 12.3 Å². The number of terminal acetylenes is 1. The second-order valence-electron chi connectivity index (χ2n) is 8.35. The van der Waals surface area contributed by atoms with E-state index in [0.717, 1.165) is 29.7 Å². The van der Waals surface area contributed by atoms with Crippen LogP contribution in [0.4, 0.5) is 10.5 Å². The summed E-state index contributed by atoms with van der Waals surface area (Å²) >= 11 is 0. The first-order valence-electron chi connectivity index (χ1n) is 9.98. The topological polar surface area (TPSA) is 74.5 Å². The molecule has 1 N–H and O–H groups in total. The number of hydrogen-bond acceptors (Lipinski definition) is 4. The van der Waals surface area contributed by atoms with E-state index in [1.807, 2.05) is 69.3 Å². The Morgan fingerprint density at radius 3 is 2.10 bits per heavy atom. The zero-order valence-corrected chi connectivity index (χ0v) is 17.6. The lowest BCUT2D eigenvalue weighted by Crippen LogP contribution is -2.45. The van der Waals surface area contributed by atoms with Gasteiger partial charge < -0.3 is 9.84 Å². The number of rotatable bonds is 8. The summed E-state index contributed by atoms with van der Waals surface area (Å²) in [4.78, 5) is 13.0. The number of carboxylic acid groups (broad SMARTS) is 1. The van der Waals surface area contributed by atoms with Gasteiger partial charge >= 0.3 is 6.09 Å². The Hall–Kier alpha value is -3.33. The molecule has 1 heterocycles. The van der Waals surface area contributed by atoms with E-state index in [-0.39, 0.29) is 5.66 Å². The molecule has 0 unspecified atom stereocenters. The first kappa shape index (κ1) is 21.4. The SMILES string of the molecule is C#CCCC1(CCOc2ccc(-c3ccc(N(C(=O)O)C(C)(C)C)cc3)cc2)N=N1. The summed E-state index contributed by atoms with van der Waals surface area (Å²) in [6.45, 7) is 6.14. The van der Waals surface area contributed by atoms with E-state index in [1.54, 1.807) is 0 Å². The molecule has 0 radical (unpaired) electrons. The van der Waals surface area contributed by atoms with Gasteiger partial charge in [-0.05, 0) is 56.2 Å². The van der Waals surface area contributed by atoms with Gasteiger partial charge in [-0.3, -0.25) is 4.90 Å². The molecule has 0 saturated carbocycles. The van der Waals surface area contributed by atoms with E-state index in [4.69, 9.17) is 11.2 Å². The summed E-state index contributed by atoms with van der Waals surface area (Å²) in [7, 11) is 0. The molecular formula is C24H27N3O3. The van der Waals surface area contributed by atoms with Crippen molar-refractivity contribution >= 4 is 11.8 Å². The maximum atomic E-state index is 11.6. The van der Waals surface area contributed by atoms with Crippen molar-refractivity contribution in [1.82, 2.24) is 0 Å². The molecule has 0 spiro atoms. The van der Waals surface area contributed by atoms with Gasteiger partial charge in [-0.25, -0.2) is 4.79 Å². The van der Waals surface area contributed by atoms with Crippen LogP contribution in [0.25, 0.3) is 11.1 Å². The Balaban J connectivity index is 1.60. The first-order valence-corrected chi connectivity index (χ1v) is 9.98. The van der Waals surface area contributed by atoms with Crippen molar-refractivity contribution in [2.75, 3.05) is 11.5 Å². The van der Waals surface area contributed by atoms with Gasteiger partial charge in [-0.2, -0.15) is 10.2 Å². The van der Waals surface area contributed by atoms with Crippen molar-refractivity contribution in [2.45, 2.75) is 51.2 Å². The van der Waals surface area contributed by atoms with Gasteiger partial charge in [-0.15, -0.1) is 12.3 Å². The van der Waals surface area contributed by atoms with Gasteiger partial charge in [0.2, 0.25) is 0 Å². The lowest BCUT2D eigenvalue weighted by atomic mass is 10.0. The minimum absolute atomic E-state index is 0.328. The molecule has 2 aromatic rings. The third kappa shape index (κ3) is 5.18. The number of amides is 1. The van der Waals surface area contributed by atoms with Crippen LogP contribution in [0.2, 0.25) is 0 Å². The molecule has 2 aromatic carbocycles. The van der Waals surface area contributed by atoms with Crippen molar-refractivity contribution < 1.29 is 14.6 Å². The van der Waals surface area contributed by atoms with Crippen molar-refractivity contribution in [3.63, 3.8) is 0 Å². The van der Waals surface area contributed by atoms with E-state index in [1.165, 1.54) is 4.90 Å². The fourth-order valence-electron chi connectivity index (χ4n) is 3.33. The fraction of sp³-hybridized carbons (Fsp3) is 0.375. The Morgan fingerprint density at radius 2 is 1.63 bits per heavy atom. The summed E-state index contributed by atoms with van der Waals surface area (Å²) in [6.07, 6.45) is 6.51. The molecule has 0 bridgehead atoms. The highest BCUT2D eigenvalue weighted by Gasteiger charge is 2.38. The number of benzene rings is 2. The number of hydrogen-bond donors (Lipinski definition) is 1. The predicted octanol–water partition coefficient (Wildman–Crippen LogP) is 5.98. The molecule has 0 saturated heterocycles. The van der Waals surface area contributed by atoms with Gasteiger partial charge in [-0.1, -0.05) is 24.3 Å². The van der Waals surface area contributed by atoms with Crippen LogP contribution in [-0.4, -0.2) is 29.0 Å². The zero-order valence-electron chi connectivity index (χ0n) is 17.6. The highest BCUT2D eigenvalue weighted by Crippen LogP contribution is 2.36. The van der Waals surface area contributed by atoms with Crippen LogP contribution in [0.1, 0.15) is 40.0 Å². The Kier molecular flexibility index (Phi) is 6.12. The molecule has 6 heteroatoms. The molecule has 3 rings (SSSR count). The van der Waals surface area contributed by atoms with E-state index < -0.39 is 11.6 Å². The zero-order chi connectivity index (χ0) is 21.8. The number of carbonyl (C=O) groups is 1. The molecule has 0 aliphatic carbocycles. The first-order chi connectivity index (χ1) is 14.2. The minimum atomic E-state index is -0.968. The largest absolute Gasteiger partial charge is 0.493 e. The lowest BCUT2D eigenvalue weighted by molar-refractivity contribution is 0.195. The summed E-state index contributed by atoms with van der Waals surface area (Å²) < 4.78 is 5.82. The molecule has 1 aliphatic rings. The normalized spacial score (nSPS) is 14.1. The molecule has 30 heavy (non-hydrogen) atoms. The lowest BCUT2D eigenvalue weighted by Gasteiger charge is -2.33. The van der Waals surface area contributed by atoms with Gasteiger partial charge in [0.25, 0.3) is 0 Å². The molecule has 1 aliphatic heterocycles. The maximum absolute atomic E-state index is 11.6. The van der Waals surface area contributed by atoms with Crippen LogP contribution in [0.15, 0.2) is 58.8 Å². The fourth-order valence-corrected chi connectivity index (χ4v) is 3.33. The summed E-state index contributed by atoms with van der Waals surface area (Å²) in [5.74, 6) is 3.41. The molecule has 0 atom stereocenters. The Bertz CT molecular complexity index is 945. The van der Waals surface area contributed by atoms with E-state index in [0.29, 0.717) is 18.7 Å². The van der Waals surface area contributed by atoms with E-state index >= 15 is 0 Å². The highest BCUT2D eigenvalue weighted by molar-refractivity contribution is 5.88. The van der Waals surface area contributed by atoms with E-state index in [9.17, 15) is 9.90 Å². The van der Waals surface area contributed by atoms with E-state index in [2.05, 4.69) is 16.1 Å². The second kappa shape index (κ2) is 8.58. The van der Waals surface area contributed by atoms with Gasteiger partial charge in [0.1, 0.15) is 5.75 Å². The molecular weight excluding hydrogens is 378 g/mol. The average Bonchev–Trinajstić information content (AvgIpc) is 3.46. The Morgan fingerprint density at radius 1 is 1.07 bits per heavy atom. The quantitative estimate of drug-likeness (QED) is 0.549. The summed E-state index contributed by atoms with van der Waals surface area (Å²) in [5.41, 5.74) is 1.84. The van der Waals surface area contributed by atoms with Crippen LogP contribution in [-0.2, 0) is 0 Å². The summed E-state index contributed by atoms with van der Waals surface area (Å²) in [5, 5.41) is 17.8. The van der Waals surface area contributed by atoms with Crippen molar-refractivity contribution in [3.8, 4) is 29.2 Å². The smallest absolute Gasteiger partial charge is 0.412 e. The average molecular weight is 405 g/mol. The minimum Gasteiger partial charge on any atom is -0.493 e. The highest BCUT2D eigenvalue weighted by atomic mass is 16.5. The predicted molar refractivity (Wildman–Crippen MR) is 118 cm³/mol. The monoisotopic (exact) mass is 405 g/mol. The molecule has 0 aromatic heterocycles. The van der Waals surface area contributed by atoms with Crippen LogP contribution in [0.3, 0.4) is 0 Å². The van der Waals surface area contributed by atoms with Gasteiger partial charge in [0.15, 0.2) is 5.66 Å². The number of ether oxygens (including phenoxy) is 1. The van der Waals surface area contributed by atoms with Crippen LogP contribution >= 0.6 is 0 Å². The van der Waals surface area contributed by atoms with Gasteiger partial charge in [0, 0.05) is 30.5 Å². The van der Waals surface area contributed by atoms with Crippen LogP contribution in [0.5, 0.6) is 5.75 Å². The summed E-state index contributed by atoms with van der Waals surface area (Å²) in [6, 6.07) is 15.4. The number of anilines is 1. The molecule has 6 nitrogen and oxygen atoms in total. The molecule has 1 amide bonds. The number of nitrogens with zero attached hydrogens (tertiary/aromatic N) is 3. The van der Waals surface area contributed by atoms with Crippen LogP contribution < -0.4 is 9.64 Å².